The number of alkyl halides is 7. The van der Waals surface area contributed by atoms with E-state index in [0.717, 1.165) is 28.9 Å². The Labute approximate surface area is 197 Å². The maximum absolute atomic E-state index is 13.1. The number of ether oxygens (including phenoxy) is 1. The molecule has 0 spiro atoms. The molecule has 18 heteroatoms. The molecule has 0 unspecified atom stereocenters. The van der Waals surface area contributed by atoms with Crippen molar-refractivity contribution in [3.63, 3.8) is 0 Å². The van der Waals surface area contributed by atoms with Gasteiger partial charge in [0.25, 0.3) is 12.3 Å². The van der Waals surface area contributed by atoms with E-state index in [9.17, 15) is 43.9 Å². The Bertz CT molecular complexity index is 1360. The summed E-state index contributed by atoms with van der Waals surface area (Å²) >= 11 is 0. The smallest absolute Gasteiger partial charge is 0.456 e. The van der Waals surface area contributed by atoms with Crippen LogP contribution in [0.2, 0.25) is 0 Å². The van der Waals surface area contributed by atoms with Crippen LogP contribution in [0.25, 0.3) is 16.9 Å². The van der Waals surface area contributed by atoms with Gasteiger partial charge in [-0.25, -0.2) is 26.7 Å². The topological polar surface area (TPSA) is 128 Å². The first-order valence-corrected chi connectivity index (χ1v) is 11.4. The number of aromatic nitrogens is 5. The van der Waals surface area contributed by atoms with Crippen LogP contribution in [0.5, 0.6) is 5.88 Å². The summed E-state index contributed by atoms with van der Waals surface area (Å²) in [6.07, 6.45) is -7.64. The second-order valence-electron chi connectivity index (χ2n) is 7.00. The number of nitrogens with zero attached hydrogens (tertiary/aromatic N) is 5. The number of carbonyl (C=O) groups is 1. The standard InChI is InChI=1S/C18H15F7N6O4S/c1-2-36(33,34)16-13(9-3-4-12(29-28-9)35-8-17(21,22)18(23,24)25)14-26-6-5-10(31(14)30-16)15(32)27-7-11(19)20/h3-6,11H,2,7-8H2,1H3,(H,27,32). The molecule has 36 heavy (non-hydrogen) atoms. The lowest BCUT2D eigenvalue weighted by Gasteiger charge is -2.19. The van der Waals surface area contributed by atoms with Crippen LogP contribution in [0.15, 0.2) is 29.4 Å². The maximum atomic E-state index is 13.1. The lowest BCUT2D eigenvalue weighted by Crippen LogP contribution is -2.41. The van der Waals surface area contributed by atoms with Crippen molar-refractivity contribution in [1.29, 1.82) is 0 Å². The summed E-state index contributed by atoms with van der Waals surface area (Å²) in [7, 11) is -4.11. The van der Waals surface area contributed by atoms with Gasteiger partial charge in [0, 0.05) is 12.3 Å². The SMILES string of the molecule is CCS(=O)(=O)c1nn2c(C(=O)NCC(F)F)ccnc2c1-c1ccc(OCC(F)(F)C(F)(F)F)nn1. The fourth-order valence-corrected chi connectivity index (χ4v) is 3.70. The van der Waals surface area contributed by atoms with E-state index >= 15 is 0 Å². The zero-order valence-electron chi connectivity index (χ0n) is 17.9. The van der Waals surface area contributed by atoms with E-state index in [2.05, 4.69) is 25.0 Å². The normalized spacial score (nSPS) is 12.8. The average molecular weight is 544 g/mol. The summed E-state index contributed by atoms with van der Waals surface area (Å²) in [6, 6.07) is 2.96. The van der Waals surface area contributed by atoms with Gasteiger partial charge >= 0.3 is 12.1 Å². The summed E-state index contributed by atoms with van der Waals surface area (Å²) in [5.74, 6) is -7.36. The maximum Gasteiger partial charge on any atom is 0.456 e. The lowest BCUT2D eigenvalue weighted by molar-refractivity contribution is -0.290. The Morgan fingerprint density at radius 3 is 2.39 bits per heavy atom. The van der Waals surface area contributed by atoms with E-state index in [1.165, 1.54) is 6.92 Å². The number of amides is 1. The van der Waals surface area contributed by atoms with Crippen molar-refractivity contribution in [2.45, 2.75) is 30.5 Å². The predicted octanol–water partition coefficient (Wildman–Crippen LogP) is 2.55. The highest BCUT2D eigenvalue weighted by Gasteiger charge is 2.58. The number of rotatable bonds is 9. The van der Waals surface area contributed by atoms with Gasteiger partial charge in [-0.3, -0.25) is 4.79 Å². The second-order valence-corrected chi connectivity index (χ2v) is 9.19. The van der Waals surface area contributed by atoms with Gasteiger partial charge < -0.3 is 10.1 Å². The molecule has 3 aromatic heterocycles. The Kier molecular flexibility index (Phi) is 7.37. The first kappa shape index (κ1) is 27.0. The Morgan fingerprint density at radius 2 is 1.83 bits per heavy atom. The van der Waals surface area contributed by atoms with Gasteiger partial charge in [0.15, 0.2) is 27.1 Å². The molecule has 0 aliphatic heterocycles. The molecule has 0 aliphatic rings. The van der Waals surface area contributed by atoms with Gasteiger partial charge in [0.2, 0.25) is 5.88 Å². The summed E-state index contributed by atoms with van der Waals surface area (Å²) in [5, 5.41) is 12.2. The highest BCUT2D eigenvalue weighted by molar-refractivity contribution is 7.91. The van der Waals surface area contributed by atoms with E-state index in [1.807, 2.05) is 5.32 Å². The third-order valence-electron chi connectivity index (χ3n) is 4.52. The van der Waals surface area contributed by atoms with Crippen molar-refractivity contribution < 1.29 is 48.7 Å². The van der Waals surface area contributed by atoms with Crippen LogP contribution in [0.4, 0.5) is 30.7 Å². The van der Waals surface area contributed by atoms with E-state index in [4.69, 9.17) is 0 Å². The first-order chi connectivity index (χ1) is 16.7. The largest absolute Gasteiger partial charge is 0.470 e. The number of halogens is 7. The minimum absolute atomic E-state index is 0.252. The van der Waals surface area contributed by atoms with Crippen LogP contribution in [0.1, 0.15) is 17.4 Å². The number of carbonyl (C=O) groups excluding carboxylic acids is 1. The molecule has 0 bridgehead atoms. The molecule has 0 aromatic carbocycles. The fourth-order valence-electron chi connectivity index (χ4n) is 2.71. The highest BCUT2D eigenvalue weighted by atomic mass is 32.2. The number of fused-ring (bicyclic) bond motifs is 1. The van der Waals surface area contributed by atoms with E-state index in [0.29, 0.717) is 0 Å². The van der Waals surface area contributed by atoms with Crippen molar-refractivity contribution in [2.75, 3.05) is 18.9 Å². The third-order valence-corrected chi connectivity index (χ3v) is 6.16. The summed E-state index contributed by atoms with van der Waals surface area (Å²) in [4.78, 5) is 16.3. The molecule has 3 heterocycles. The van der Waals surface area contributed by atoms with Crippen molar-refractivity contribution in [3.8, 4) is 17.1 Å². The van der Waals surface area contributed by atoms with Gasteiger partial charge in [-0.1, -0.05) is 6.92 Å². The number of hydrogen-bond donors (Lipinski definition) is 1. The molecular formula is C18H15F7N6O4S. The van der Waals surface area contributed by atoms with E-state index < -0.39 is 64.1 Å². The van der Waals surface area contributed by atoms with Gasteiger partial charge in [-0.2, -0.15) is 27.1 Å². The van der Waals surface area contributed by atoms with Crippen LogP contribution < -0.4 is 10.1 Å². The number of nitrogens with one attached hydrogen (secondary N) is 1. The quantitative estimate of drug-likeness (QED) is 0.407. The molecular weight excluding hydrogens is 529 g/mol. The van der Waals surface area contributed by atoms with Crippen LogP contribution in [-0.4, -0.2) is 76.5 Å². The minimum Gasteiger partial charge on any atom is -0.470 e. The minimum atomic E-state index is -5.86. The molecule has 0 saturated carbocycles. The number of sulfone groups is 1. The molecule has 3 rings (SSSR count). The monoisotopic (exact) mass is 544 g/mol. The van der Waals surface area contributed by atoms with Crippen molar-refractivity contribution in [1.82, 2.24) is 30.1 Å². The van der Waals surface area contributed by atoms with Gasteiger partial charge in [-0.05, 0) is 12.1 Å². The first-order valence-electron chi connectivity index (χ1n) is 9.76. The third kappa shape index (κ3) is 5.47. The summed E-state index contributed by atoms with van der Waals surface area (Å²) < 4.78 is 118. The van der Waals surface area contributed by atoms with Crippen molar-refractivity contribution >= 4 is 21.4 Å². The van der Waals surface area contributed by atoms with Crippen LogP contribution in [0, 0.1) is 0 Å². The molecule has 0 radical (unpaired) electrons. The zero-order chi connectivity index (χ0) is 26.9. The van der Waals surface area contributed by atoms with E-state index in [1.54, 1.807) is 0 Å². The molecule has 3 aromatic rings. The van der Waals surface area contributed by atoms with Crippen LogP contribution >= 0.6 is 0 Å². The molecule has 10 nitrogen and oxygen atoms in total. The van der Waals surface area contributed by atoms with Gasteiger partial charge in [0.05, 0.1) is 17.9 Å². The fraction of sp³-hybridized carbons (Fsp3) is 0.389. The van der Waals surface area contributed by atoms with Gasteiger partial charge in [-0.15, -0.1) is 10.2 Å². The predicted molar refractivity (Wildman–Crippen MR) is 107 cm³/mol. The highest BCUT2D eigenvalue weighted by Crippen LogP contribution is 2.36. The molecule has 1 N–H and O–H groups in total. The molecule has 0 aliphatic carbocycles. The molecule has 0 fully saturated rings. The molecule has 196 valence electrons. The van der Waals surface area contributed by atoms with E-state index in [-0.39, 0.29) is 22.6 Å². The summed E-state index contributed by atoms with van der Waals surface area (Å²) in [6.45, 7) is -1.77. The molecule has 0 atom stereocenters. The van der Waals surface area contributed by atoms with Crippen molar-refractivity contribution in [3.05, 3.63) is 30.1 Å². The Hall–Kier alpha value is -3.57. The average Bonchev–Trinajstić information content (AvgIpc) is 3.21. The molecule has 0 saturated heterocycles. The lowest BCUT2D eigenvalue weighted by atomic mass is 10.2. The van der Waals surface area contributed by atoms with Gasteiger partial charge in [0.1, 0.15) is 11.4 Å². The van der Waals surface area contributed by atoms with Crippen LogP contribution in [-0.2, 0) is 9.84 Å². The van der Waals surface area contributed by atoms with Crippen LogP contribution in [0.3, 0.4) is 0 Å². The Morgan fingerprint density at radius 1 is 1.14 bits per heavy atom. The number of hydrogen-bond acceptors (Lipinski definition) is 8. The molecule has 1 amide bonds. The zero-order valence-corrected chi connectivity index (χ0v) is 18.7. The Balaban J connectivity index is 2.05. The summed E-state index contributed by atoms with van der Waals surface area (Å²) in [5.41, 5.74) is -1.13. The second kappa shape index (κ2) is 9.82. The van der Waals surface area contributed by atoms with Crippen molar-refractivity contribution in [2.24, 2.45) is 0 Å².